The summed E-state index contributed by atoms with van der Waals surface area (Å²) in [6.07, 6.45) is 2.89. The van der Waals surface area contributed by atoms with Crippen molar-refractivity contribution in [3.63, 3.8) is 0 Å². The Labute approximate surface area is 157 Å². The number of nitrogens with one attached hydrogen (secondary N) is 1. The minimum Gasteiger partial charge on any atom is -0.306 e. The van der Waals surface area contributed by atoms with Crippen molar-refractivity contribution in [3.05, 3.63) is 81.8 Å². The fourth-order valence-corrected chi connectivity index (χ4v) is 3.75. The Morgan fingerprint density at radius 3 is 2.62 bits per heavy atom. The average molecular weight is 363 g/mol. The van der Waals surface area contributed by atoms with Crippen LogP contribution >= 0.6 is 11.8 Å². The molecule has 4 nitrogen and oxygen atoms in total. The van der Waals surface area contributed by atoms with Gasteiger partial charge < -0.3 is 4.98 Å². The molecule has 1 aromatic heterocycles. The van der Waals surface area contributed by atoms with Gasteiger partial charge in [-0.1, -0.05) is 42.5 Å². The second-order valence-electron chi connectivity index (χ2n) is 6.51. The van der Waals surface area contributed by atoms with E-state index in [9.17, 15) is 4.79 Å². The molecule has 1 N–H and O–H groups in total. The van der Waals surface area contributed by atoms with E-state index in [-0.39, 0.29) is 5.56 Å². The molecule has 5 heteroatoms. The van der Waals surface area contributed by atoms with E-state index in [1.807, 2.05) is 30.3 Å². The van der Waals surface area contributed by atoms with E-state index in [0.717, 1.165) is 36.3 Å². The number of benzene rings is 2. The Morgan fingerprint density at radius 1 is 1.12 bits per heavy atom. The molecule has 0 fully saturated rings. The lowest BCUT2D eigenvalue weighted by molar-refractivity contribution is 0.242. The molecule has 2 heterocycles. The average Bonchev–Trinajstić information content (AvgIpc) is 2.69. The van der Waals surface area contributed by atoms with E-state index in [4.69, 9.17) is 4.98 Å². The van der Waals surface area contributed by atoms with Gasteiger partial charge in [0.25, 0.3) is 5.56 Å². The molecule has 2 aromatic carbocycles. The summed E-state index contributed by atoms with van der Waals surface area (Å²) in [6, 6.07) is 18.5. The lowest BCUT2D eigenvalue weighted by Crippen LogP contribution is -2.35. The number of fused-ring (bicyclic) bond motifs is 1. The second kappa shape index (κ2) is 7.48. The van der Waals surface area contributed by atoms with Crippen LogP contribution in [0, 0.1) is 0 Å². The monoisotopic (exact) mass is 363 g/mol. The predicted molar refractivity (Wildman–Crippen MR) is 106 cm³/mol. The highest BCUT2D eigenvalue weighted by molar-refractivity contribution is 7.98. The largest absolute Gasteiger partial charge is 0.306 e. The van der Waals surface area contributed by atoms with E-state index < -0.39 is 0 Å². The standard InChI is InChI=1S/C21H21N3OS/c1-26-17-9-7-15(8-10-17)13-24-12-11-19-18(14-24)21(25)23-20(22-19)16-5-3-2-4-6-16/h2-10H,11-14H2,1H3,(H,22,23,25). The third kappa shape index (κ3) is 3.59. The first-order chi connectivity index (χ1) is 12.7. The van der Waals surface area contributed by atoms with Gasteiger partial charge >= 0.3 is 0 Å². The van der Waals surface area contributed by atoms with Gasteiger partial charge in [-0.15, -0.1) is 11.8 Å². The van der Waals surface area contributed by atoms with Crippen LogP contribution in [0.4, 0.5) is 0 Å². The van der Waals surface area contributed by atoms with E-state index in [0.29, 0.717) is 12.4 Å². The number of nitrogens with zero attached hydrogens (tertiary/aromatic N) is 2. The highest BCUT2D eigenvalue weighted by Gasteiger charge is 2.21. The van der Waals surface area contributed by atoms with Gasteiger partial charge in [-0.05, 0) is 24.0 Å². The molecular weight excluding hydrogens is 342 g/mol. The van der Waals surface area contributed by atoms with Crippen molar-refractivity contribution < 1.29 is 0 Å². The summed E-state index contributed by atoms with van der Waals surface area (Å²) in [5.41, 5.74) is 3.94. The molecule has 0 aliphatic carbocycles. The van der Waals surface area contributed by atoms with Gasteiger partial charge in [0, 0.05) is 36.5 Å². The summed E-state index contributed by atoms with van der Waals surface area (Å²) in [4.78, 5) is 23.9. The van der Waals surface area contributed by atoms with Crippen molar-refractivity contribution in [2.75, 3.05) is 12.8 Å². The van der Waals surface area contributed by atoms with Gasteiger partial charge in [0.1, 0.15) is 5.82 Å². The van der Waals surface area contributed by atoms with Crippen molar-refractivity contribution in [1.82, 2.24) is 14.9 Å². The molecule has 1 aliphatic rings. The molecule has 0 saturated carbocycles. The van der Waals surface area contributed by atoms with Crippen molar-refractivity contribution in [2.45, 2.75) is 24.4 Å². The van der Waals surface area contributed by atoms with Gasteiger partial charge in [-0.3, -0.25) is 9.69 Å². The number of hydrogen-bond donors (Lipinski definition) is 1. The lowest BCUT2D eigenvalue weighted by Gasteiger charge is -2.27. The Bertz CT molecular complexity index is 951. The van der Waals surface area contributed by atoms with Crippen molar-refractivity contribution in [3.8, 4) is 11.4 Å². The van der Waals surface area contributed by atoms with Crippen LogP contribution in [0.25, 0.3) is 11.4 Å². The number of aromatic amines is 1. The first kappa shape index (κ1) is 17.1. The van der Waals surface area contributed by atoms with Crippen LogP contribution in [0.15, 0.2) is 64.3 Å². The van der Waals surface area contributed by atoms with Crippen LogP contribution in [-0.4, -0.2) is 27.7 Å². The Balaban J connectivity index is 1.54. The predicted octanol–water partition coefficient (Wildman–Crippen LogP) is 3.72. The number of H-pyrrole nitrogens is 1. The van der Waals surface area contributed by atoms with E-state index in [2.05, 4.69) is 40.4 Å². The zero-order valence-electron chi connectivity index (χ0n) is 14.7. The minimum absolute atomic E-state index is 0.0173. The van der Waals surface area contributed by atoms with Crippen LogP contribution in [0.1, 0.15) is 16.8 Å². The van der Waals surface area contributed by atoms with E-state index in [1.165, 1.54) is 10.5 Å². The summed E-state index contributed by atoms with van der Waals surface area (Å²) >= 11 is 1.75. The highest BCUT2D eigenvalue weighted by atomic mass is 32.2. The maximum atomic E-state index is 12.6. The van der Waals surface area contributed by atoms with Crippen LogP contribution < -0.4 is 5.56 Å². The molecule has 0 radical (unpaired) electrons. The zero-order valence-corrected chi connectivity index (χ0v) is 15.6. The molecule has 1 aliphatic heterocycles. The van der Waals surface area contributed by atoms with E-state index >= 15 is 0 Å². The summed E-state index contributed by atoms with van der Waals surface area (Å²) in [5.74, 6) is 0.662. The summed E-state index contributed by atoms with van der Waals surface area (Å²) < 4.78 is 0. The fraction of sp³-hybridized carbons (Fsp3) is 0.238. The van der Waals surface area contributed by atoms with Gasteiger partial charge in [0.05, 0.1) is 11.3 Å². The van der Waals surface area contributed by atoms with Crippen molar-refractivity contribution >= 4 is 11.8 Å². The first-order valence-corrected chi connectivity index (χ1v) is 9.98. The minimum atomic E-state index is -0.0173. The Morgan fingerprint density at radius 2 is 1.88 bits per heavy atom. The summed E-state index contributed by atoms with van der Waals surface area (Å²) in [6.45, 7) is 2.42. The highest BCUT2D eigenvalue weighted by Crippen LogP contribution is 2.21. The van der Waals surface area contributed by atoms with Gasteiger partial charge in [0.2, 0.25) is 0 Å². The van der Waals surface area contributed by atoms with Gasteiger partial charge in [-0.2, -0.15) is 0 Å². The molecule has 3 aromatic rings. The number of aromatic nitrogens is 2. The second-order valence-corrected chi connectivity index (χ2v) is 7.39. The van der Waals surface area contributed by atoms with Crippen LogP contribution in [-0.2, 0) is 19.5 Å². The molecule has 0 spiro atoms. The Kier molecular flexibility index (Phi) is 4.91. The Hall–Kier alpha value is -2.37. The lowest BCUT2D eigenvalue weighted by atomic mass is 10.1. The maximum Gasteiger partial charge on any atom is 0.255 e. The summed E-state index contributed by atoms with van der Waals surface area (Å²) in [5, 5.41) is 0. The molecule has 0 amide bonds. The molecule has 26 heavy (non-hydrogen) atoms. The molecule has 0 unspecified atom stereocenters. The molecule has 0 saturated heterocycles. The number of thioether (sulfide) groups is 1. The molecule has 132 valence electrons. The van der Waals surface area contributed by atoms with Gasteiger partial charge in [0.15, 0.2) is 0 Å². The zero-order chi connectivity index (χ0) is 17.9. The molecule has 0 atom stereocenters. The topological polar surface area (TPSA) is 49.0 Å². The number of hydrogen-bond acceptors (Lipinski definition) is 4. The van der Waals surface area contributed by atoms with Gasteiger partial charge in [-0.25, -0.2) is 4.98 Å². The van der Waals surface area contributed by atoms with E-state index in [1.54, 1.807) is 11.8 Å². The maximum absolute atomic E-state index is 12.6. The van der Waals surface area contributed by atoms with Crippen LogP contribution in [0.5, 0.6) is 0 Å². The molecule has 0 bridgehead atoms. The first-order valence-electron chi connectivity index (χ1n) is 8.76. The van der Waals surface area contributed by atoms with Crippen molar-refractivity contribution in [1.29, 1.82) is 0 Å². The van der Waals surface area contributed by atoms with Crippen LogP contribution in [0.3, 0.4) is 0 Å². The summed E-state index contributed by atoms with van der Waals surface area (Å²) in [7, 11) is 0. The molecular formula is C21H21N3OS. The van der Waals surface area contributed by atoms with Crippen LogP contribution in [0.2, 0.25) is 0 Å². The third-order valence-corrected chi connectivity index (χ3v) is 5.50. The normalized spacial score (nSPS) is 14.2. The smallest absolute Gasteiger partial charge is 0.255 e. The quantitative estimate of drug-likeness (QED) is 0.718. The number of rotatable bonds is 4. The molecule has 4 rings (SSSR count). The van der Waals surface area contributed by atoms with Crippen molar-refractivity contribution in [2.24, 2.45) is 0 Å². The SMILES string of the molecule is CSc1ccc(CN2CCc3nc(-c4ccccc4)[nH]c(=O)c3C2)cc1. The third-order valence-electron chi connectivity index (χ3n) is 4.76. The fourth-order valence-electron chi connectivity index (χ4n) is 3.34.